The van der Waals surface area contributed by atoms with Crippen LogP contribution in [0.25, 0.3) is 10.9 Å². The number of anilines is 1. The lowest BCUT2D eigenvalue weighted by Gasteiger charge is -2.34. The molecule has 0 radical (unpaired) electrons. The predicted molar refractivity (Wildman–Crippen MR) is 114 cm³/mol. The summed E-state index contributed by atoms with van der Waals surface area (Å²) >= 11 is 0. The Morgan fingerprint density at radius 3 is 2.59 bits per heavy atom. The number of pyridine rings is 1. The monoisotopic (exact) mass is 409 g/mol. The van der Waals surface area contributed by atoms with Gasteiger partial charge in [0.25, 0.3) is 0 Å². The number of para-hydroxylation sites is 1. The van der Waals surface area contributed by atoms with Crippen LogP contribution in [-0.4, -0.2) is 35.4 Å². The largest absolute Gasteiger partial charge is 0.324 e. The highest BCUT2D eigenvalue weighted by Gasteiger charge is 2.38. The number of benzene rings is 2. The van der Waals surface area contributed by atoms with Crippen LogP contribution in [0.1, 0.15) is 23.7 Å². The van der Waals surface area contributed by atoms with E-state index in [0.717, 1.165) is 27.7 Å². The topological polar surface area (TPSA) is 79.4 Å². The van der Waals surface area contributed by atoms with E-state index in [1.54, 1.807) is 6.92 Å². The zero-order chi connectivity index (χ0) is 20.6. The third-order valence-corrected chi connectivity index (χ3v) is 7.16. The molecule has 4 rings (SSSR count). The van der Waals surface area contributed by atoms with Crippen molar-refractivity contribution in [2.75, 3.05) is 11.1 Å². The third kappa shape index (κ3) is 3.75. The van der Waals surface area contributed by atoms with E-state index in [1.165, 1.54) is 4.31 Å². The van der Waals surface area contributed by atoms with Crippen LogP contribution in [0.4, 0.5) is 5.69 Å². The first kappa shape index (κ1) is 19.5. The van der Waals surface area contributed by atoms with Crippen LogP contribution in [-0.2, 0) is 27.8 Å². The Kier molecular flexibility index (Phi) is 5.10. The van der Waals surface area contributed by atoms with Crippen LogP contribution in [0.5, 0.6) is 0 Å². The van der Waals surface area contributed by atoms with Crippen molar-refractivity contribution < 1.29 is 13.2 Å². The highest BCUT2D eigenvalue weighted by Crippen LogP contribution is 2.28. The summed E-state index contributed by atoms with van der Waals surface area (Å²) in [7, 11) is -3.54. The van der Waals surface area contributed by atoms with Crippen LogP contribution in [0, 0.1) is 6.92 Å². The maximum absolute atomic E-state index is 13.3. The van der Waals surface area contributed by atoms with Gasteiger partial charge in [-0.05, 0) is 43.5 Å². The van der Waals surface area contributed by atoms with Gasteiger partial charge in [-0.1, -0.05) is 42.5 Å². The Morgan fingerprint density at radius 1 is 1.14 bits per heavy atom. The Labute approximate surface area is 170 Å². The standard InChI is InChI=1S/C22H23N3O3S/c1-3-29(27,28)25-14-17-9-5-4-8-16(17)13-21(25)22(26)24-20-12-15(2)23-19-11-7-6-10-18(19)20/h4-12,21H,3,13-14H2,1-2H3,(H,23,24,26)/t21-/m0/s1. The number of sulfonamides is 1. The normalized spacial score (nSPS) is 17.1. The number of carbonyl (C=O) groups excluding carboxylic acids is 1. The van der Waals surface area contributed by atoms with Crippen molar-refractivity contribution in [2.24, 2.45) is 0 Å². The molecule has 2 heterocycles. The van der Waals surface area contributed by atoms with Gasteiger partial charge < -0.3 is 5.32 Å². The van der Waals surface area contributed by atoms with Gasteiger partial charge in [-0.25, -0.2) is 8.42 Å². The molecular weight excluding hydrogens is 386 g/mol. The molecule has 1 atom stereocenters. The van der Waals surface area contributed by atoms with E-state index in [-0.39, 0.29) is 18.2 Å². The van der Waals surface area contributed by atoms with Crippen molar-refractivity contribution in [3.8, 4) is 0 Å². The number of carbonyl (C=O) groups is 1. The Balaban J connectivity index is 1.72. The maximum atomic E-state index is 13.3. The van der Waals surface area contributed by atoms with Crippen molar-refractivity contribution in [3.63, 3.8) is 0 Å². The zero-order valence-corrected chi connectivity index (χ0v) is 17.2. The smallest absolute Gasteiger partial charge is 0.243 e. The van der Waals surface area contributed by atoms with Crippen molar-refractivity contribution >= 4 is 32.5 Å². The molecule has 0 aliphatic carbocycles. The molecule has 0 saturated carbocycles. The number of rotatable bonds is 4. The molecule has 6 nitrogen and oxygen atoms in total. The van der Waals surface area contributed by atoms with Crippen LogP contribution in [0.2, 0.25) is 0 Å². The molecule has 7 heteroatoms. The molecule has 29 heavy (non-hydrogen) atoms. The van der Waals surface area contributed by atoms with E-state index in [2.05, 4.69) is 10.3 Å². The molecule has 0 bridgehead atoms. The van der Waals surface area contributed by atoms with Crippen LogP contribution >= 0.6 is 0 Å². The quantitative estimate of drug-likeness (QED) is 0.717. The van der Waals surface area contributed by atoms with Gasteiger partial charge in [-0.3, -0.25) is 9.78 Å². The first-order valence-corrected chi connectivity index (χ1v) is 11.2. The van der Waals surface area contributed by atoms with Gasteiger partial charge in [0.05, 0.1) is 17.0 Å². The average molecular weight is 410 g/mol. The number of aryl methyl sites for hydroxylation is 1. The summed E-state index contributed by atoms with van der Waals surface area (Å²) in [5.41, 5.74) is 4.16. The lowest BCUT2D eigenvalue weighted by atomic mass is 9.95. The number of aromatic nitrogens is 1. The SMILES string of the molecule is CCS(=O)(=O)N1Cc2ccccc2C[C@H]1C(=O)Nc1cc(C)nc2ccccc12. The highest BCUT2D eigenvalue weighted by atomic mass is 32.2. The summed E-state index contributed by atoms with van der Waals surface area (Å²) in [6, 6.07) is 16.3. The van der Waals surface area contributed by atoms with E-state index in [0.29, 0.717) is 12.1 Å². The number of amides is 1. The number of hydrogen-bond acceptors (Lipinski definition) is 4. The summed E-state index contributed by atoms with van der Waals surface area (Å²) in [6.07, 6.45) is 0.350. The van der Waals surface area contributed by atoms with Gasteiger partial charge in [0.2, 0.25) is 15.9 Å². The lowest BCUT2D eigenvalue weighted by Crippen LogP contribution is -2.51. The van der Waals surface area contributed by atoms with E-state index >= 15 is 0 Å². The Hall–Kier alpha value is -2.77. The Bertz CT molecular complexity index is 1190. The predicted octanol–water partition coefficient (Wildman–Crippen LogP) is 3.26. The summed E-state index contributed by atoms with van der Waals surface area (Å²) in [5.74, 6) is -0.372. The minimum absolute atomic E-state index is 0.0454. The fraction of sp³-hybridized carbons (Fsp3) is 0.273. The minimum Gasteiger partial charge on any atom is -0.324 e. The van der Waals surface area contributed by atoms with Gasteiger partial charge in [0.1, 0.15) is 6.04 Å². The fourth-order valence-electron chi connectivity index (χ4n) is 3.81. The molecule has 1 amide bonds. The summed E-state index contributed by atoms with van der Waals surface area (Å²) < 4.78 is 26.8. The van der Waals surface area contributed by atoms with Gasteiger partial charge >= 0.3 is 0 Å². The first-order valence-electron chi connectivity index (χ1n) is 9.62. The minimum atomic E-state index is -3.54. The molecule has 1 N–H and O–H groups in total. The van der Waals surface area contributed by atoms with E-state index in [1.807, 2.05) is 61.5 Å². The third-order valence-electron chi connectivity index (χ3n) is 5.33. The number of nitrogens with zero attached hydrogens (tertiary/aromatic N) is 2. The average Bonchev–Trinajstić information content (AvgIpc) is 2.72. The van der Waals surface area contributed by atoms with Crippen molar-refractivity contribution in [2.45, 2.75) is 32.9 Å². The van der Waals surface area contributed by atoms with E-state index in [9.17, 15) is 13.2 Å². The maximum Gasteiger partial charge on any atom is 0.243 e. The summed E-state index contributed by atoms with van der Waals surface area (Å²) in [5, 5.41) is 3.79. The second kappa shape index (κ2) is 7.57. The van der Waals surface area contributed by atoms with E-state index in [4.69, 9.17) is 0 Å². The summed E-state index contributed by atoms with van der Waals surface area (Å²) in [4.78, 5) is 17.8. The summed E-state index contributed by atoms with van der Waals surface area (Å²) in [6.45, 7) is 3.68. The second-order valence-corrected chi connectivity index (χ2v) is 9.46. The molecule has 1 aliphatic heterocycles. The molecule has 0 spiro atoms. The van der Waals surface area contributed by atoms with Crippen molar-refractivity contribution in [1.29, 1.82) is 0 Å². The van der Waals surface area contributed by atoms with Gasteiger partial charge in [-0.2, -0.15) is 4.31 Å². The fourth-order valence-corrected chi connectivity index (χ4v) is 5.03. The molecule has 1 aromatic heterocycles. The molecule has 1 aliphatic rings. The van der Waals surface area contributed by atoms with Crippen molar-refractivity contribution in [3.05, 3.63) is 71.4 Å². The lowest BCUT2D eigenvalue weighted by molar-refractivity contribution is -0.120. The highest BCUT2D eigenvalue weighted by molar-refractivity contribution is 7.89. The first-order chi connectivity index (χ1) is 13.9. The van der Waals surface area contributed by atoms with Crippen LogP contribution in [0.15, 0.2) is 54.6 Å². The number of hydrogen-bond donors (Lipinski definition) is 1. The molecule has 2 aromatic carbocycles. The molecule has 0 unspecified atom stereocenters. The van der Waals surface area contributed by atoms with E-state index < -0.39 is 16.1 Å². The van der Waals surface area contributed by atoms with Gasteiger partial charge in [0.15, 0.2) is 0 Å². The van der Waals surface area contributed by atoms with Gasteiger partial charge in [0, 0.05) is 17.6 Å². The zero-order valence-electron chi connectivity index (χ0n) is 16.4. The Morgan fingerprint density at radius 2 is 1.83 bits per heavy atom. The van der Waals surface area contributed by atoms with Crippen LogP contribution < -0.4 is 5.32 Å². The molecule has 0 saturated heterocycles. The molecular formula is C22H23N3O3S. The number of nitrogens with one attached hydrogen (secondary N) is 1. The van der Waals surface area contributed by atoms with Crippen molar-refractivity contribution in [1.82, 2.24) is 9.29 Å². The van der Waals surface area contributed by atoms with Crippen LogP contribution in [0.3, 0.4) is 0 Å². The van der Waals surface area contributed by atoms with Gasteiger partial charge in [-0.15, -0.1) is 0 Å². The molecule has 3 aromatic rings. The molecule has 150 valence electrons. The second-order valence-electron chi connectivity index (χ2n) is 7.25. The molecule has 0 fully saturated rings. The number of fused-ring (bicyclic) bond motifs is 2.